The van der Waals surface area contributed by atoms with E-state index in [4.69, 9.17) is 10.6 Å². The van der Waals surface area contributed by atoms with Gasteiger partial charge in [0.25, 0.3) is 5.56 Å². The fraction of sp³-hybridized carbons (Fsp3) is 0.480. The van der Waals surface area contributed by atoms with E-state index in [2.05, 4.69) is 26.9 Å². The first kappa shape index (κ1) is 22.7. The van der Waals surface area contributed by atoms with Gasteiger partial charge in [0.05, 0.1) is 23.8 Å². The summed E-state index contributed by atoms with van der Waals surface area (Å²) >= 11 is 0. The molecule has 4 heterocycles. The van der Waals surface area contributed by atoms with Gasteiger partial charge < -0.3 is 25.4 Å². The van der Waals surface area contributed by atoms with Crippen LogP contribution in [-0.4, -0.2) is 59.2 Å². The third-order valence-electron chi connectivity index (χ3n) is 7.09. The Labute approximate surface area is 198 Å². The van der Waals surface area contributed by atoms with Gasteiger partial charge >= 0.3 is 0 Å². The second-order valence-corrected chi connectivity index (χ2v) is 9.40. The van der Waals surface area contributed by atoms with Crippen molar-refractivity contribution >= 4 is 16.9 Å². The zero-order valence-electron chi connectivity index (χ0n) is 19.3. The first-order valence-electron chi connectivity index (χ1n) is 12.0. The second-order valence-electron chi connectivity index (χ2n) is 9.40. The first-order valence-corrected chi connectivity index (χ1v) is 12.0. The molecule has 0 amide bonds. The van der Waals surface area contributed by atoms with E-state index in [1.54, 1.807) is 10.6 Å². The Hall–Kier alpha value is -3.04. The van der Waals surface area contributed by atoms with Crippen LogP contribution in [-0.2, 0) is 11.3 Å². The lowest BCUT2D eigenvalue weighted by molar-refractivity contribution is 0.186. The summed E-state index contributed by atoms with van der Waals surface area (Å²) in [7, 11) is 0. The Bertz CT molecular complexity index is 1210. The fourth-order valence-corrected chi connectivity index (χ4v) is 5.38. The normalized spacial score (nSPS) is 23.6. The number of nitrogens with zero attached hydrogens (tertiary/aromatic N) is 4. The summed E-state index contributed by atoms with van der Waals surface area (Å²) in [5.74, 6) is 5.66. The molecule has 3 N–H and O–H groups in total. The molecular weight excluding hydrogens is 435 g/mol. The minimum Gasteiger partial charge on any atom is -0.476 e. The molecule has 0 bridgehead atoms. The zero-order chi connectivity index (χ0) is 23.7. The second kappa shape index (κ2) is 9.68. The van der Waals surface area contributed by atoms with Crippen molar-refractivity contribution in [3.05, 3.63) is 63.9 Å². The summed E-state index contributed by atoms with van der Waals surface area (Å²) in [6, 6.07) is 3.53. The number of benzene rings is 1. The molecule has 1 aromatic heterocycles. The van der Waals surface area contributed by atoms with E-state index in [-0.39, 0.29) is 17.3 Å². The molecule has 5 rings (SSSR count). The van der Waals surface area contributed by atoms with Gasteiger partial charge in [-0.15, -0.1) is 5.10 Å². The van der Waals surface area contributed by atoms with Gasteiger partial charge in [-0.05, 0) is 62.6 Å². The Morgan fingerprint density at radius 3 is 3.00 bits per heavy atom. The highest BCUT2D eigenvalue weighted by Crippen LogP contribution is 2.34. The third-order valence-corrected chi connectivity index (χ3v) is 7.09. The van der Waals surface area contributed by atoms with Gasteiger partial charge in [0, 0.05) is 42.7 Å². The van der Waals surface area contributed by atoms with Crippen LogP contribution in [0.25, 0.3) is 11.0 Å². The van der Waals surface area contributed by atoms with Crippen LogP contribution >= 0.6 is 0 Å². The monoisotopic (exact) mass is 466 g/mol. The summed E-state index contributed by atoms with van der Waals surface area (Å²) < 4.78 is 21.9. The van der Waals surface area contributed by atoms with Gasteiger partial charge in [-0.3, -0.25) is 4.79 Å². The van der Waals surface area contributed by atoms with Crippen LogP contribution in [0.1, 0.15) is 37.2 Å². The number of hydrazone groups is 1. The van der Waals surface area contributed by atoms with Crippen molar-refractivity contribution in [2.24, 2.45) is 10.9 Å². The first-order chi connectivity index (χ1) is 16.5. The Morgan fingerprint density at radius 2 is 2.21 bits per heavy atom. The summed E-state index contributed by atoms with van der Waals surface area (Å²) in [6.07, 6.45) is 7.23. The van der Waals surface area contributed by atoms with Crippen molar-refractivity contribution in [1.82, 2.24) is 19.8 Å². The van der Waals surface area contributed by atoms with Gasteiger partial charge in [-0.25, -0.2) is 9.37 Å². The molecule has 0 radical (unpaired) electrons. The summed E-state index contributed by atoms with van der Waals surface area (Å²) in [5.41, 5.74) is 3.80. The molecule has 3 aliphatic heterocycles. The van der Waals surface area contributed by atoms with E-state index in [0.717, 1.165) is 56.5 Å². The predicted molar refractivity (Wildman–Crippen MR) is 130 cm³/mol. The molecule has 1 aromatic carbocycles. The van der Waals surface area contributed by atoms with Gasteiger partial charge in [0.15, 0.2) is 0 Å². The molecule has 34 heavy (non-hydrogen) atoms. The molecule has 180 valence electrons. The molecule has 0 saturated carbocycles. The molecule has 3 aliphatic rings. The number of nitrogens with one attached hydrogen (secondary N) is 1. The van der Waals surface area contributed by atoms with Crippen molar-refractivity contribution in [2.45, 2.75) is 44.2 Å². The van der Waals surface area contributed by atoms with Crippen molar-refractivity contribution in [3.8, 4) is 0 Å². The summed E-state index contributed by atoms with van der Waals surface area (Å²) in [5, 5.41) is 7.34. The number of aromatic nitrogens is 2. The van der Waals surface area contributed by atoms with Gasteiger partial charge in [0.1, 0.15) is 5.82 Å². The molecule has 2 aromatic rings. The largest absolute Gasteiger partial charge is 0.476 e. The molecule has 8 nitrogen and oxygen atoms in total. The van der Waals surface area contributed by atoms with E-state index in [0.29, 0.717) is 48.2 Å². The SMILES string of the molecule is C=C(/C=C1/CCCO/C1=N/N)CNC1CCN(C[C@@H]2Cn3c(=O)cnc4ccc(F)c2c43)CC1. The molecule has 9 heteroatoms. The van der Waals surface area contributed by atoms with Crippen LogP contribution in [0, 0.1) is 5.82 Å². The lowest BCUT2D eigenvalue weighted by atomic mass is 9.97. The lowest BCUT2D eigenvalue weighted by Crippen LogP contribution is -2.44. The summed E-state index contributed by atoms with van der Waals surface area (Å²) in [6.45, 7) is 8.64. The zero-order valence-corrected chi connectivity index (χ0v) is 19.3. The van der Waals surface area contributed by atoms with E-state index in [9.17, 15) is 9.18 Å². The molecule has 0 aliphatic carbocycles. The van der Waals surface area contributed by atoms with Crippen LogP contribution in [0.3, 0.4) is 0 Å². The summed E-state index contributed by atoms with van der Waals surface area (Å²) in [4.78, 5) is 18.9. The smallest absolute Gasteiger partial charge is 0.269 e. The van der Waals surface area contributed by atoms with E-state index in [1.165, 1.54) is 12.3 Å². The number of halogens is 1. The molecule has 1 atom stereocenters. The minimum atomic E-state index is -0.244. The van der Waals surface area contributed by atoms with Crippen LogP contribution in [0.4, 0.5) is 4.39 Å². The highest BCUT2D eigenvalue weighted by atomic mass is 19.1. The van der Waals surface area contributed by atoms with Crippen molar-refractivity contribution in [1.29, 1.82) is 0 Å². The molecular formula is C25H31FN6O2. The van der Waals surface area contributed by atoms with Crippen LogP contribution < -0.4 is 16.7 Å². The van der Waals surface area contributed by atoms with Crippen molar-refractivity contribution in [3.63, 3.8) is 0 Å². The van der Waals surface area contributed by atoms with Crippen molar-refractivity contribution in [2.75, 3.05) is 32.8 Å². The number of rotatable bonds is 6. The third kappa shape index (κ3) is 4.50. The average molecular weight is 467 g/mol. The topological polar surface area (TPSA) is 97.8 Å². The standard InChI is InChI=1S/C25H31FN6O2/c1-16(11-17-3-2-10-34-25(17)30-27)12-28-19-6-8-31(9-7-19)14-18-15-32-22(33)13-29-21-5-4-20(26)23(18)24(21)32/h4-5,11,13,18-19,28H,1-3,6-10,12,14-15,27H2/b17-11-,30-25+/t18-/m1/s1. The maximum Gasteiger partial charge on any atom is 0.269 e. The molecule has 0 spiro atoms. The van der Waals surface area contributed by atoms with Crippen LogP contribution in [0.15, 0.2) is 52.0 Å². The lowest BCUT2D eigenvalue weighted by Gasteiger charge is -2.34. The molecule has 2 fully saturated rings. The van der Waals surface area contributed by atoms with Gasteiger partial charge in [-0.1, -0.05) is 6.58 Å². The molecule has 0 unspecified atom stereocenters. The minimum absolute atomic E-state index is 0.0346. The number of hydrogen-bond acceptors (Lipinski definition) is 7. The highest BCUT2D eigenvalue weighted by Gasteiger charge is 2.31. The van der Waals surface area contributed by atoms with Gasteiger partial charge in [0.2, 0.25) is 5.90 Å². The number of ether oxygens (including phenoxy) is 1. The molecule has 2 saturated heterocycles. The highest BCUT2D eigenvalue weighted by molar-refractivity contribution is 5.94. The van der Waals surface area contributed by atoms with Crippen LogP contribution in [0.2, 0.25) is 0 Å². The maximum absolute atomic E-state index is 14.7. The van der Waals surface area contributed by atoms with Crippen LogP contribution in [0.5, 0.6) is 0 Å². The Kier molecular flexibility index (Phi) is 6.47. The van der Waals surface area contributed by atoms with Gasteiger partial charge in [-0.2, -0.15) is 0 Å². The Morgan fingerprint density at radius 1 is 1.38 bits per heavy atom. The predicted octanol–water partition coefficient (Wildman–Crippen LogP) is 2.25. The number of hydrogen-bond donors (Lipinski definition) is 2. The van der Waals surface area contributed by atoms with E-state index >= 15 is 0 Å². The Balaban J connectivity index is 1.14. The number of likely N-dealkylation sites (tertiary alicyclic amines) is 1. The quantitative estimate of drug-likeness (QED) is 0.501. The number of piperidine rings is 1. The average Bonchev–Trinajstić information content (AvgIpc) is 3.24. The maximum atomic E-state index is 14.7. The van der Waals surface area contributed by atoms with Crippen molar-refractivity contribution < 1.29 is 9.13 Å². The van der Waals surface area contributed by atoms with E-state index < -0.39 is 0 Å². The number of nitrogens with two attached hydrogens (primary N) is 1. The van der Waals surface area contributed by atoms with E-state index in [1.807, 2.05) is 6.08 Å². The fourth-order valence-electron chi connectivity index (χ4n) is 5.38.